The second-order valence-electron chi connectivity index (χ2n) is 18.1. The SMILES string of the molecule is CCN(CC)c1ccc2c(-c3ccc(S(=O)(=O)NCCCC(=O)CCC[Si](C)(C)O[Si](C)(C)CSc4ncc(CN5C(=O)C=CC5=O)cn4)cc3S(=O)(=O)O)c3ccc(=[N+](CC)CC)cc-3oc2c1. The van der Waals surface area contributed by atoms with Crippen molar-refractivity contribution >= 4 is 82.8 Å². The van der Waals surface area contributed by atoms with E-state index < -0.39 is 41.7 Å². The van der Waals surface area contributed by atoms with Gasteiger partial charge < -0.3 is 13.4 Å². The van der Waals surface area contributed by atoms with E-state index >= 15 is 0 Å². The highest BCUT2D eigenvalue weighted by Gasteiger charge is 2.34. The lowest BCUT2D eigenvalue weighted by Gasteiger charge is -2.33. The van der Waals surface area contributed by atoms with Crippen LogP contribution in [0.4, 0.5) is 5.69 Å². The molecule has 0 saturated heterocycles. The molecule has 0 radical (unpaired) electrons. The first-order valence-electron chi connectivity index (χ1n) is 23.2. The van der Waals surface area contributed by atoms with E-state index in [9.17, 15) is 35.8 Å². The lowest BCUT2D eigenvalue weighted by atomic mass is 9.93. The van der Waals surface area contributed by atoms with Crippen LogP contribution in [0.15, 0.2) is 98.5 Å². The molecule has 1 aliphatic carbocycles. The van der Waals surface area contributed by atoms with Crippen LogP contribution in [-0.2, 0) is 45.2 Å². The van der Waals surface area contributed by atoms with E-state index in [1.807, 2.05) is 36.4 Å². The van der Waals surface area contributed by atoms with Crippen molar-refractivity contribution in [2.24, 2.45) is 0 Å². The molecule has 370 valence electrons. The molecular weight excluding hydrogens is 973 g/mol. The lowest BCUT2D eigenvalue weighted by Crippen LogP contribution is -2.46. The van der Waals surface area contributed by atoms with Gasteiger partial charge in [-0.15, -0.1) is 0 Å². The Morgan fingerprint density at radius 3 is 2.14 bits per heavy atom. The fourth-order valence-corrected chi connectivity index (χ4v) is 20.8. The maximum atomic E-state index is 13.6. The fraction of sp³-hybridized carbons (Fsp3) is 0.417. The number of anilines is 1. The quantitative estimate of drug-likeness (QED) is 0.00897. The Balaban J connectivity index is 1.07. The van der Waals surface area contributed by atoms with Gasteiger partial charge in [-0.05, 0) is 103 Å². The molecule has 69 heavy (non-hydrogen) atoms. The molecule has 2 N–H and O–H groups in total. The van der Waals surface area contributed by atoms with Gasteiger partial charge in [0.25, 0.3) is 21.9 Å². The van der Waals surface area contributed by atoms with Gasteiger partial charge in [0, 0.05) is 108 Å². The number of hydrogen-bond acceptors (Lipinski definition) is 13. The summed E-state index contributed by atoms with van der Waals surface area (Å²) in [5, 5.41) is 2.78. The first-order valence-corrected chi connectivity index (χ1v) is 33.4. The molecule has 2 amide bonds. The first-order chi connectivity index (χ1) is 32.6. The van der Waals surface area contributed by atoms with Gasteiger partial charge in [0.15, 0.2) is 21.8 Å². The minimum atomic E-state index is -4.96. The Kier molecular flexibility index (Phi) is 17.4. The second-order valence-corrected chi connectivity index (χ2v) is 31.4. The molecule has 0 spiro atoms. The van der Waals surface area contributed by atoms with E-state index in [1.54, 1.807) is 12.4 Å². The Morgan fingerprint density at radius 1 is 0.855 bits per heavy atom. The average Bonchev–Trinajstić information content (AvgIpc) is 3.61. The molecule has 0 bridgehead atoms. The summed E-state index contributed by atoms with van der Waals surface area (Å²) in [5.74, 6) is -0.225. The third-order valence-corrected chi connectivity index (χ3v) is 24.1. The van der Waals surface area contributed by atoms with Gasteiger partial charge in [0.2, 0.25) is 15.4 Å². The number of thioether (sulfide) groups is 1. The summed E-state index contributed by atoms with van der Waals surface area (Å²) in [6.07, 6.45) is 7.08. The van der Waals surface area contributed by atoms with E-state index in [2.05, 4.69) is 78.0 Å². The number of ketones is 1. The van der Waals surface area contributed by atoms with E-state index in [4.69, 9.17) is 8.53 Å². The van der Waals surface area contributed by atoms with E-state index in [0.29, 0.717) is 56.8 Å². The number of nitrogens with one attached hydrogen (secondary N) is 1. The van der Waals surface area contributed by atoms with Crippen molar-refractivity contribution in [3.8, 4) is 22.5 Å². The number of hydrogen-bond donors (Lipinski definition) is 2. The number of Topliss-reactive ketones (excluding diaryl/α,β-unsaturated/α-hetero) is 1. The number of sulfonamides is 1. The molecule has 0 saturated carbocycles. The summed E-state index contributed by atoms with van der Waals surface area (Å²) < 4.78 is 82.2. The van der Waals surface area contributed by atoms with Gasteiger partial charge >= 0.3 is 0 Å². The molecule has 3 heterocycles. The summed E-state index contributed by atoms with van der Waals surface area (Å²) >= 11 is 1.50. The topological polar surface area (TPSA) is 209 Å². The first kappa shape index (κ1) is 53.5. The molecule has 3 aromatic rings. The smallest absolute Gasteiger partial charge is 0.295 e. The molecule has 16 nitrogen and oxygen atoms in total. The zero-order valence-corrected chi connectivity index (χ0v) is 45.0. The van der Waals surface area contributed by atoms with Crippen LogP contribution in [0.2, 0.25) is 32.2 Å². The number of fused-ring (bicyclic) bond motifs is 2. The summed E-state index contributed by atoms with van der Waals surface area (Å²) in [4.78, 5) is 47.9. The van der Waals surface area contributed by atoms with Crippen molar-refractivity contribution in [1.82, 2.24) is 24.2 Å². The minimum Gasteiger partial charge on any atom is -0.456 e. The van der Waals surface area contributed by atoms with E-state index in [-0.39, 0.29) is 54.0 Å². The summed E-state index contributed by atoms with van der Waals surface area (Å²) in [6, 6.07) is 15.8. The molecule has 21 heteroatoms. The number of nitrogens with zero attached hydrogens (tertiary/aromatic N) is 5. The van der Waals surface area contributed by atoms with Crippen LogP contribution in [-0.4, -0.2) is 109 Å². The van der Waals surface area contributed by atoms with Crippen LogP contribution >= 0.6 is 11.8 Å². The van der Waals surface area contributed by atoms with E-state index in [0.717, 1.165) is 54.2 Å². The van der Waals surface area contributed by atoms with Crippen molar-refractivity contribution in [1.29, 1.82) is 0 Å². The highest BCUT2D eigenvalue weighted by atomic mass is 32.2. The van der Waals surface area contributed by atoms with Crippen LogP contribution in [0.5, 0.6) is 0 Å². The van der Waals surface area contributed by atoms with Crippen molar-refractivity contribution in [3.63, 3.8) is 0 Å². The van der Waals surface area contributed by atoms with E-state index in [1.165, 1.54) is 36.0 Å². The predicted octanol–water partition coefficient (Wildman–Crippen LogP) is 7.49. The monoisotopic (exact) mass is 1040 g/mol. The molecule has 3 aliphatic rings. The maximum Gasteiger partial charge on any atom is 0.295 e. The Bertz CT molecular complexity index is 2990. The molecule has 2 aliphatic heterocycles. The van der Waals surface area contributed by atoms with Crippen LogP contribution in [0.1, 0.15) is 58.9 Å². The van der Waals surface area contributed by atoms with Gasteiger partial charge in [-0.2, -0.15) is 8.42 Å². The van der Waals surface area contributed by atoms with Gasteiger partial charge in [-0.3, -0.25) is 23.8 Å². The van der Waals surface area contributed by atoms with Crippen molar-refractivity contribution in [2.45, 2.75) is 107 Å². The molecule has 1 aromatic heterocycles. The van der Waals surface area contributed by atoms with Crippen LogP contribution in [0.3, 0.4) is 0 Å². The molecule has 6 rings (SSSR count). The third-order valence-electron chi connectivity index (χ3n) is 11.9. The van der Waals surface area contributed by atoms with Crippen molar-refractivity contribution in [3.05, 3.63) is 90.1 Å². The average molecular weight is 1040 g/mol. The number of benzene rings is 3. The standard InChI is InChI=1S/C48H62N6O10S3Si2/c1-9-52(10-2)35-17-20-39-42(27-35)63-43-28-36(53(11-3)12-4)18-21-40(43)47(39)41-22-19-38(29-44(41)67(60,61)62)66(58,59)51-25-13-15-37(55)16-14-26-68(5,6)64-69(7,8)33-65-48-49-30-34(31-50-48)32-54-45(56)23-24-46(54)57/h17-24,27-31,51H,9-16,25-26,32-33H2,1-8H3/p+1. The number of carbonyl (C=O) groups excluding carboxylic acids is 3. The molecule has 2 aromatic carbocycles. The number of imide groups is 1. The van der Waals surface area contributed by atoms with Gasteiger partial charge in [-0.25, -0.2) is 27.7 Å². The Labute approximate surface area is 411 Å². The van der Waals surface area contributed by atoms with Crippen LogP contribution in [0.25, 0.3) is 33.4 Å². The lowest BCUT2D eigenvalue weighted by molar-refractivity contribution is -0.137. The minimum absolute atomic E-state index is 0.00174. The summed E-state index contributed by atoms with van der Waals surface area (Å²) in [5.41, 5.74) is 3.23. The summed E-state index contributed by atoms with van der Waals surface area (Å²) in [6.45, 7) is 19.8. The van der Waals surface area contributed by atoms with Gasteiger partial charge in [0.05, 0.1) is 17.5 Å². The van der Waals surface area contributed by atoms with Crippen molar-refractivity contribution in [2.75, 3.05) is 43.0 Å². The van der Waals surface area contributed by atoms with Crippen molar-refractivity contribution < 1.29 is 44.3 Å². The van der Waals surface area contributed by atoms with Crippen LogP contribution < -0.4 is 19.6 Å². The molecule has 0 unspecified atom stereocenters. The van der Waals surface area contributed by atoms with Gasteiger partial charge in [0.1, 0.15) is 35.1 Å². The third kappa shape index (κ3) is 13.5. The Morgan fingerprint density at radius 2 is 1.51 bits per heavy atom. The molecule has 0 fully saturated rings. The maximum absolute atomic E-state index is 13.6. The number of aromatic nitrogens is 2. The highest BCUT2D eigenvalue weighted by molar-refractivity contribution is 8.00. The zero-order chi connectivity index (χ0) is 50.3. The number of rotatable bonds is 24. The number of amides is 2. The van der Waals surface area contributed by atoms with Crippen LogP contribution in [0, 0.1) is 0 Å². The Hall–Kier alpha value is -4.88. The zero-order valence-electron chi connectivity index (χ0n) is 40.6. The number of carbonyl (C=O) groups is 3. The highest BCUT2D eigenvalue weighted by Crippen LogP contribution is 2.43. The second kappa shape index (κ2) is 22.5. The van der Waals surface area contributed by atoms with Gasteiger partial charge in [-0.1, -0.05) is 17.8 Å². The molecule has 0 atom stereocenters. The normalized spacial score (nSPS) is 13.6. The largest absolute Gasteiger partial charge is 0.456 e. The fourth-order valence-electron chi connectivity index (χ4n) is 8.57. The predicted molar refractivity (Wildman–Crippen MR) is 275 cm³/mol. The molecular formula is C48H63N6O10S3Si2+. The summed E-state index contributed by atoms with van der Waals surface area (Å²) in [7, 11) is -13.6.